The van der Waals surface area contributed by atoms with E-state index in [2.05, 4.69) is 5.32 Å². The lowest BCUT2D eigenvalue weighted by Crippen LogP contribution is -2.53. The molecule has 6 atom stereocenters. The van der Waals surface area contributed by atoms with Crippen molar-refractivity contribution in [2.45, 2.75) is 43.6 Å². The van der Waals surface area contributed by atoms with Gasteiger partial charge in [0.2, 0.25) is 11.4 Å². The van der Waals surface area contributed by atoms with Gasteiger partial charge in [-0.1, -0.05) is 0 Å². The van der Waals surface area contributed by atoms with Gasteiger partial charge >= 0.3 is 19.4 Å². The maximum Gasteiger partial charge on any atom is 0.589 e. The molecule has 0 radical (unpaired) electrons. The number of hydrogen-bond donors (Lipinski definition) is 3. The molecule has 2 amide bonds. The normalized spacial score (nSPS) is 29.7. The van der Waals surface area contributed by atoms with Gasteiger partial charge in [-0.3, -0.25) is 4.90 Å². The number of aliphatic hydroxyl groups excluding tert-OH is 2. The van der Waals surface area contributed by atoms with E-state index in [1.807, 2.05) is 0 Å². The SMILES string of the molecule is COCCOC1C(O[P+](=O)SCOC(=O)OCC2CC2)C(CO)OC1N1C=CC(O)NC1=O. The summed E-state index contributed by atoms with van der Waals surface area (Å²) in [5, 5.41) is 21.6. The van der Waals surface area contributed by atoms with E-state index in [0.717, 1.165) is 29.1 Å². The zero-order valence-corrected chi connectivity index (χ0v) is 19.7. The highest BCUT2D eigenvalue weighted by molar-refractivity contribution is 8.50. The predicted molar refractivity (Wildman–Crippen MR) is 113 cm³/mol. The van der Waals surface area contributed by atoms with Crippen LogP contribution in [-0.4, -0.2) is 97.5 Å². The molecule has 6 unspecified atom stereocenters. The zero-order chi connectivity index (χ0) is 23.8. The Hall–Kier alpha value is -1.51. The molecule has 1 saturated carbocycles. The summed E-state index contributed by atoms with van der Waals surface area (Å²) in [6.07, 6.45) is -1.22. The van der Waals surface area contributed by atoms with E-state index in [-0.39, 0.29) is 19.2 Å². The number of methoxy groups -OCH3 is 1. The van der Waals surface area contributed by atoms with Gasteiger partial charge in [0, 0.05) is 13.3 Å². The highest BCUT2D eigenvalue weighted by Crippen LogP contribution is 2.44. The molecule has 0 aromatic carbocycles. The van der Waals surface area contributed by atoms with E-state index in [4.69, 9.17) is 28.2 Å². The van der Waals surface area contributed by atoms with E-state index in [9.17, 15) is 24.4 Å². The van der Waals surface area contributed by atoms with Crippen LogP contribution < -0.4 is 5.32 Å². The van der Waals surface area contributed by atoms with E-state index < -0.39 is 56.8 Å². The Labute approximate surface area is 195 Å². The lowest BCUT2D eigenvalue weighted by molar-refractivity contribution is -0.0904. The minimum absolute atomic E-state index is 0.112. The fourth-order valence-corrected chi connectivity index (χ4v) is 4.75. The molecule has 1 aliphatic carbocycles. The Morgan fingerprint density at radius 2 is 2.12 bits per heavy atom. The van der Waals surface area contributed by atoms with Crippen LogP contribution in [0, 0.1) is 5.92 Å². The van der Waals surface area contributed by atoms with Crippen molar-refractivity contribution in [3.8, 4) is 0 Å². The second-order valence-electron chi connectivity index (χ2n) is 7.41. The lowest BCUT2D eigenvalue weighted by Gasteiger charge is -2.32. The Morgan fingerprint density at radius 1 is 1.33 bits per heavy atom. The number of carbonyl (C=O) groups excluding carboxylic acids is 2. The quantitative estimate of drug-likeness (QED) is 0.139. The number of rotatable bonds is 13. The Bertz CT molecular complexity index is 726. The monoisotopic (exact) mass is 511 g/mol. The molecule has 15 heteroatoms. The molecule has 3 rings (SSSR count). The van der Waals surface area contributed by atoms with E-state index in [1.54, 1.807) is 0 Å². The van der Waals surface area contributed by atoms with Crippen LogP contribution in [-0.2, 0) is 32.8 Å². The molecular weight excluding hydrogens is 483 g/mol. The highest BCUT2D eigenvalue weighted by Gasteiger charge is 2.53. The molecule has 0 spiro atoms. The number of aliphatic hydroxyl groups is 2. The third-order valence-electron chi connectivity index (χ3n) is 4.95. The van der Waals surface area contributed by atoms with Gasteiger partial charge in [0.1, 0.15) is 18.4 Å². The smallest absolute Gasteiger partial charge is 0.434 e. The summed E-state index contributed by atoms with van der Waals surface area (Å²) in [5.41, 5.74) is 0. The number of nitrogens with zero attached hydrogens (tertiary/aromatic N) is 1. The van der Waals surface area contributed by atoms with Crippen molar-refractivity contribution in [1.82, 2.24) is 10.2 Å². The van der Waals surface area contributed by atoms with Gasteiger partial charge in [0.25, 0.3) is 0 Å². The van der Waals surface area contributed by atoms with Gasteiger partial charge in [0.15, 0.2) is 18.3 Å². The van der Waals surface area contributed by atoms with Crippen molar-refractivity contribution in [3.63, 3.8) is 0 Å². The van der Waals surface area contributed by atoms with Crippen LogP contribution in [0.4, 0.5) is 9.59 Å². The summed E-state index contributed by atoms with van der Waals surface area (Å²) in [6.45, 7) is 0.158. The molecule has 2 fully saturated rings. The number of urea groups is 1. The maximum atomic E-state index is 12.5. The van der Waals surface area contributed by atoms with Crippen LogP contribution in [0.3, 0.4) is 0 Å². The van der Waals surface area contributed by atoms with Crippen LogP contribution in [0.15, 0.2) is 12.3 Å². The number of ether oxygens (including phenoxy) is 5. The van der Waals surface area contributed by atoms with E-state index in [0.29, 0.717) is 12.5 Å². The second-order valence-corrected chi connectivity index (χ2v) is 10.2. The molecule has 3 aliphatic rings. The number of nitrogens with one attached hydrogen (secondary N) is 1. The Kier molecular flexibility index (Phi) is 10.1. The summed E-state index contributed by atoms with van der Waals surface area (Å²) in [7, 11) is -0.922. The molecule has 0 aromatic heterocycles. The van der Waals surface area contributed by atoms with Gasteiger partial charge in [-0.15, -0.1) is 4.52 Å². The molecule has 13 nitrogen and oxygen atoms in total. The molecule has 3 N–H and O–H groups in total. The summed E-state index contributed by atoms with van der Waals surface area (Å²) in [4.78, 5) is 25.0. The van der Waals surface area contributed by atoms with Gasteiger partial charge in [0.05, 0.1) is 26.4 Å². The average molecular weight is 511 g/mol. The topological polar surface area (TPSA) is 162 Å². The molecular formula is C18H28N2O11PS+. The van der Waals surface area contributed by atoms with Crippen molar-refractivity contribution >= 4 is 30.8 Å². The first-order valence-corrected chi connectivity index (χ1v) is 13.1. The molecule has 1 saturated heterocycles. The number of hydrogen-bond acceptors (Lipinski definition) is 12. The van der Waals surface area contributed by atoms with Crippen LogP contribution >= 0.6 is 18.6 Å². The largest absolute Gasteiger partial charge is 0.589 e. The van der Waals surface area contributed by atoms with Gasteiger partial charge < -0.3 is 39.2 Å². The Balaban J connectivity index is 1.57. The fourth-order valence-electron chi connectivity index (χ4n) is 3.10. The first-order valence-electron chi connectivity index (χ1n) is 10.3. The fraction of sp³-hybridized carbons (Fsp3) is 0.778. The maximum absolute atomic E-state index is 12.5. The lowest BCUT2D eigenvalue weighted by atomic mass is 10.1. The van der Waals surface area contributed by atoms with Crippen LogP contribution in [0.1, 0.15) is 12.8 Å². The van der Waals surface area contributed by atoms with Gasteiger partial charge in [-0.25, -0.2) is 9.59 Å². The van der Waals surface area contributed by atoms with Crippen LogP contribution in [0.5, 0.6) is 0 Å². The molecule has 0 aromatic rings. The predicted octanol–water partition coefficient (Wildman–Crippen LogP) is 0.889. The van der Waals surface area contributed by atoms with Crippen molar-refractivity contribution in [1.29, 1.82) is 0 Å². The first kappa shape index (κ1) is 26.1. The molecule has 186 valence electrons. The molecule has 2 heterocycles. The van der Waals surface area contributed by atoms with Gasteiger partial charge in [-0.05, 0) is 29.4 Å². The number of amides is 2. The van der Waals surface area contributed by atoms with Crippen molar-refractivity contribution in [2.75, 3.05) is 39.5 Å². The van der Waals surface area contributed by atoms with Crippen molar-refractivity contribution < 1.29 is 52.6 Å². The summed E-state index contributed by atoms with van der Waals surface area (Å²) in [6, 6.07) is -0.649. The van der Waals surface area contributed by atoms with Gasteiger partial charge in [-0.2, -0.15) is 0 Å². The third-order valence-corrected chi connectivity index (χ3v) is 7.01. The minimum atomic E-state index is -2.41. The minimum Gasteiger partial charge on any atom is -0.434 e. The first-order chi connectivity index (χ1) is 15.9. The highest BCUT2D eigenvalue weighted by atomic mass is 32.7. The standard InChI is InChI=1S/C18H27N2O11PS/c1-26-6-7-27-15-14(31-32(25)33-10-29-18(24)28-9-11-2-3-11)12(8-21)30-16(15)20-5-4-13(22)19-17(20)23/h4-5,11-16,21-22H,2-3,6-10H2,1H3/p+1. The second kappa shape index (κ2) is 12.8. The summed E-state index contributed by atoms with van der Waals surface area (Å²) in [5.74, 6) is 0.134. The van der Waals surface area contributed by atoms with Crippen LogP contribution in [0.2, 0.25) is 0 Å². The molecule has 0 bridgehead atoms. The van der Waals surface area contributed by atoms with E-state index >= 15 is 0 Å². The van der Waals surface area contributed by atoms with Crippen molar-refractivity contribution in [2.24, 2.45) is 5.92 Å². The summed E-state index contributed by atoms with van der Waals surface area (Å²) >= 11 is 0.729. The van der Waals surface area contributed by atoms with Crippen LogP contribution in [0.25, 0.3) is 0 Å². The van der Waals surface area contributed by atoms with E-state index in [1.165, 1.54) is 19.4 Å². The average Bonchev–Trinajstić information content (AvgIpc) is 3.55. The third kappa shape index (κ3) is 7.76. The molecule has 2 aliphatic heterocycles. The Morgan fingerprint density at radius 3 is 2.79 bits per heavy atom. The van der Waals surface area contributed by atoms with Crippen molar-refractivity contribution in [3.05, 3.63) is 12.3 Å². The molecule has 33 heavy (non-hydrogen) atoms. The summed E-state index contributed by atoms with van der Waals surface area (Å²) < 4.78 is 44.4. The zero-order valence-electron chi connectivity index (χ0n) is 17.9. The number of carbonyl (C=O) groups is 2.